The van der Waals surface area contributed by atoms with Crippen molar-refractivity contribution in [3.8, 4) is 0 Å². The lowest BCUT2D eigenvalue weighted by molar-refractivity contribution is -0.927. The minimum absolute atomic E-state index is 0.240. The molecule has 0 radical (unpaired) electrons. The Balaban J connectivity index is -0.000000187. The molecule has 36 heteroatoms. The van der Waals surface area contributed by atoms with Crippen molar-refractivity contribution in [2.45, 2.75) is 229 Å². The average molecular weight is 1990 g/mol. The first kappa shape index (κ1) is 146. The first-order chi connectivity index (χ1) is 62.2. The average Bonchev–Trinajstić information content (AvgIpc) is 0.887. The second-order valence-electron chi connectivity index (χ2n) is 37.4. The van der Waals surface area contributed by atoms with Crippen molar-refractivity contribution in [2.75, 3.05) is 358 Å². The van der Waals surface area contributed by atoms with Gasteiger partial charge in [-0.1, -0.05) is 136 Å². The monoisotopic (exact) mass is 1990 g/mol. The maximum atomic E-state index is 11.4. The predicted octanol–water partition coefficient (Wildman–Crippen LogP) is 16.9. The summed E-state index contributed by atoms with van der Waals surface area (Å²) in [5.74, 6) is 3.35. The number of carbonyl (C=O) groups excluding carboxylic acids is 9. The summed E-state index contributed by atoms with van der Waals surface area (Å²) in [5, 5.41) is 1.43. The third-order valence-corrected chi connectivity index (χ3v) is 27.2. The van der Waals surface area contributed by atoms with Crippen LogP contribution in [0.3, 0.4) is 0 Å². The zero-order chi connectivity index (χ0) is 105. The minimum atomic E-state index is -0.328. The number of thioether (sulfide) groups is 4. The lowest BCUT2D eigenvalue weighted by Gasteiger charge is -2.37. The van der Waals surface area contributed by atoms with Crippen LogP contribution in [0.15, 0.2) is 0 Å². The van der Waals surface area contributed by atoms with E-state index in [1.807, 2.05) is 0 Å². The fourth-order valence-corrected chi connectivity index (χ4v) is 17.8. The fraction of sp³-hybridized carbons (Fsp3) is 0.907. The van der Waals surface area contributed by atoms with E-state index in [-0.39, 0.29) is 51.4 Å². The van der Waals surface area contributed by atoms with Crippen molar-refractivity contribution in [1.82, 2.24) is 24.9 Å². The van der Waals surface area contributed by atoms with E-state index in [4.69, 9.17) is 46.6 Å². The van der Waals surface area contributed by atoms with Gasteiger partial charge in [0.25, 0.3) is 21.0 Å². The van der Waals surface area contributed by atoms with Crippen LogP contribution >= 0.6 is 47.0 Å². The molecular weight excluding hydrogens is 1770 g/mol. The van der Waals surface area contributed by atoms with Crippen LogP contribution in [0.1, 0.15) is 229 Å². The van der Waals surface area contributed by atoms with E-state index in [0.29, 0.717) is 33.0 Å². The van der Waals surface area contributed by atoms with Gasteiger partial charge in [0.05, 0.1) is 229 Å². The van der Waals surface area contributed by atoms with Gasteiger partial charge in [0.15, 0.2) is 0 Å². The number of hydrogen-bond acceptors (Lipinski definition) is 18. The Labute approximate surface area is 835 Å². The molecule has 0 aromatic rings. The fourth-order valence-electron chi connectivity index (χ4n) is 14.9. The van der Waals surface area contributed by atoms with Crippen molar-refractivity contribution in [2.24, 2.45) is 22.9 Å². The van der Waals surface area contributed by atoms with E-state index in [0.717, 1.165) is 194 Å². The molecule has 133 heavy (non-hydrogen) atoms. The number of unbranched alkanes of at least 4 members (excludes halogenated alkanes) is 3. The Morgan fingerprint density at radius 1 is 0.233 bits per heavy atom. The van der Waals surface area contributed by atoms with Gasteiger partial charge >= 0.3 is 30.5 Å². The zero-order valence-corrected chi connectivity index (χ0v) is 96.5. The number of carbonyl (C=O) groups is 9. The highest BCUT2D eigenvalue weighted by molar-refractivity contribution is 8.14. The number of quaternary nitrogens is 9. The predicted molar refractivity (Wildman–Crippen MR) is 572 cm³/mol. The molecule has 0 aliphatic carbocycles. The van der Waals surface area contributed by atoms with Crippen LogP contribution in [-0.2, 0) is 23.7 Å². The van der Waals surface area contributed by atoms with Crippen molar-refractivity contribution < 1.29 is 107 Å². The standard InChI is InChI=1S/C14H31N2O2.C13H29N2O2.C13H28N2O2.C12H26N2OS.C11H25N2O2.C11H24N2OS.C9H20N2OS.C8H19N2O2.C6H14N2OS/c1-6-9-11-16(8-3,10-7-2)12-13-18-14(17)15(4)5;1-6-9-15(8-3,10-7-2)11-12-17-13(16)14(4)5;1-5-8-10-15(7-3,9-6-2)11-12-17-13(16)14-4;1-4-7-9-14(6-3,8-5-2)10-11-16-12(13)15;1-6-13(7-2,8-3)9-10-15-11(14)12(4)5;1-4-7-13(6-3,8-5-2)9-10-15-11(12)14;1-4-11(5-2,6-3)7-8-13-9(10)12;1-9(2)8(11)12-7-6-10(3,4)5;1-8(2,3)4-5-10-6(7)9/h6-13H2,1-5H3;6-12H2,1-5H3;5-12H2,1-4H3;4-11H2,1-3H3,(H-,13,15);6-10H2,1-5H3;4-10H2,1-3H3,(H-,12,14);4-8H2,1-3H3,(H-,10,12);6-7H2,1-5H3;4-5H2,1-3H3,(H-,7,9)/q2*+1;;;+1;;;+1;/p+5. The highest BCUT2D eigenvalue weighted by Crippen LogP contribution is 2.19. The van der Waals surface area contributed by atoms with E-state index in [2.05, 4.69) is 193 Å². The topological polar surface area (TPSA) is 329 Å². The molecule has 0 spiro atoms. The number of primary amides is 4. The third kappa shape index (κ3) is 86.1. The van der Waals surface area contributed by atoms with Crippen molar-refractivity contribution in [1.29, 1.82) is 0 Å². The van der Waals surface area contributed by atoms with Gasteiger partial charge in [-0.2, -0.15) is 0 Å². The van der Waals surface area contributed by atoms with Gasteiger partial charge in [0.2, 0.25) is 0 Å². The molecule has 3 unspecified atom stereocenters. The molecule has 0 aromatic carbocycles. The summed E-state index contributed by atoms with van der Waals surface area (Å²) >= 11 is 4.91. The molecule has 0 saturated heterocycles. The van der Waals surface area contributed by atoms with Crippen LogP contribution in [0.4, 0.5) is 43.2 Å². The molecular formula is C97H221N18O14S4+9. The summed E-state index contributed by atoms with van der Waals surface area (Å²) in [6, 6.07) is 0. The van der Waals surface area contributed by atoms with Gasteiger partial charge in [-0.15, -0.1) is 0 Å². The molecule has 9 amide bonds. The lowest BCUT2D eigenvalue weighted by Crippen LogP contribution is -2.51. The Kier molecular flexibility index (Phi) is 98.7. The van der Waals surface area contributed by atoms with Crippen LogP contribution in [0, 0.1) is 0 Å². The highest BCUT2D eigenvalue weighted by atomic mass is 32.2. The van der Waals surface area contributed by atoms with Gasteiger partial charge < -0.3 is 112 Å². The van der Waals surface area contributed by atoms with Crippen molar-refractivity contribution in [3.63, 3.8) is 0 Å². The van der Waals surface area contributed by atoms with Crippen LogP contribution in [0.5, 0.6) is 0 Å². The number of ether oxygens (including phenoxy) is 5. The molecule has 0 heterocycles. The first-order valence-corrected chi connectivity index (χ1v) is 54.6. The molecule has 0 aliphatic rings. The molecule has 798 valence electrons. The molecule has 0 rings (SSSR count). The Bertz CT molecular complexity index is 2790. The van der Waals surface area contributed by atoms with E-state index in [9.17, 15) is 43.2 Å². The van der Waals surface area contributed by atoms with Gasteiger partial charge in [-0.25, -0.2) is 24.0 Å². The second kappa shape index (κ2) is 89.9. The summed E-state index contributed by atoms with van der Waals surface area (Å²) in [5.41, 5.74) is 20.3. The van der Waals surface area contributed by atoms with Crippen molar-refractivity contribution >= 4 is 98.5 Å². The summed E-state index contributed by atoms with van der Waals surface area (Å²) in [6.07, 6.45) is 14.4. The smallest absolute Gasteiger partial charge is 0.409 e. The molecule has 32 nitrogen and oxygen atoms in total. The third-order valence-electron chi connectivity index (χ3n) is 24.5. The molecule has 0 aromatic heterocycles. The number of amides is 9. The van der Waals surface area contributed by atoms with Crippen LogP contribution in [-0.4, -0.2) is 469 Å². The zero-order valence-electron chi connectivity index (χ0n) is 93.2. The number of rotatable bonds is 61. The minimum Gasteiger partial charge on any atom is -0.444 e. The normalized spacial score (nSPS) is 12.5. The van der Waals surface area contributed by atoms with E-state index in [1.54, 1.807) is 63.4 Å². The number of likely N-dealkylation sites (N-methyl/N-ethyl adjacent to an activating group) is 5. The van der Waals surface area contributed by atoms with E-state index < -0.39 is 0 Å². The van der Waals surface area contributed by atoms with Crippen LogP contribution < -0.4 is 28.3 Å². The van der Waals surface area contributed by atoms with Crippen LogP contribution in [0.2, 0.25) is 0 Å². The number of alkyl carbamates (subject to hydrolysis) is 1. The first-order valence-electron chi connectivity index (χ1n) is 50.7. The Morgan fingerprint density at radius 2 is 0.406 bits per heavy atom. The van der Waals surface area contributed by atoms with E-state index >= 15 is 0 Å². The maximum Gasteiger partial charge on any atom is 0.409 e. The summed E-state index contributed by atoms with van der Waals surface area (Å²) in [4.78, 5) is 104. The number of nitrogens with two attached hydrogens (primary N) is 4. The summed E-state index contributed by atoms with van der Waals surface area (Å²) < 4.78 is 34.9. The SMILES string of the molecule is CCCC[N+](CC)(CCC)CCOC(=O)N(C)C.CCCC[N+](CC)(CCC)CCOC(=O)NC.CCCC[N+](CC)(CCC)CCSC(N)=O.CCC[N+](CC)(CCC)CCOC(=O)N(C)C.CCC[N+](CC)(CCC)CCSC(N)=O.CC[N+](CC)(CC)CCOC(=O)N(C)C.CC[N+](CC)(CC)CCSC(N)=O.CN(C)C(=O)OCC[N+](C)(C)C.C[N+](C)(C)CCSC(N)=O. The maximum absolute atomic E-state index is 11.4. The highest BCUT2D eigenvalue weighted by Gasteiger charge is 2.30. The molecule has 9 N–H and O–H groups in total. The van der Waals surface area contributed by atoms with Gasteiger partial charge in [0, 0.05) is 63.4 Å². The molecule has 3 atom stereocenters. The second-order valence-corrected chi connectivity index (χ2v) is 41.7. The van der Waals surface area contributed by atoms with Gasteiger partial charge in [0.1, 0.15) is 65.8 Å². The number of nitrogens with zero attached hydrogens (tertiary/aromatic N) is 13. The largest absolute Gasteiger partial charge is 0.444 e. The van der Waals surface area contributed by atoms with Gasteiger partial charge in [-0.3, -0.25) is 19.2 Å². The van der Waals surface area contributed by atoms with Crippen LogP contribution in [0.25, 0.3) is 0 Å². The summed E-state index contributed by atoms with van der Waals surface area (Å²) in [6.45, 7) is 82.0. The molecule has 0 saturated carbocycles. The van der Waals surface area contributed by atoms with Crippen molar-refractivity contribution in [3.05, 3.63) is 0 Å². The Morgan fingerprint density at radius 3 is 0.594 bits per heavy atom. The summed E-state index contributed by atoms with van der Waals surface area (Å²) in [7, 11) is 27.6. The van der Waals surface area contributed by atoms with E-state index in [1.165, 1.54) is 216 Å². The lowest BCUT2D eigenvalue weighted by atomic mass is 10.2. The molecule has 0 aliphatic heterocycles. The van der Waals surface area contributed by atoms with Gasteiger partial charge in [-0.05, 0) is 140 Å². The molecule has 0 bridgehead atoms. The molecule has 0 fully saturated rings. The quantitative estimate of drug-likeness (QED) is 0.0279. The number of hydrogen-bond donors (Lipinski definition) is 5. The Hall–Kier alpha value is -4.73. The number of nitrogens with one attached hydrogen (secondary N) is 1.